The molecule has 0 spiro atoms. The second kappa shape index (κ2) is 31.6. The average molecular weight is 672 g/mol. The van der Waals surface area contributed by atoms with Crippen molar-refractivity contribution in [3.63, 3.8) is 0 Å². The predicted octanol–water partition coefficient (Wildman–Crippen LogP) is 14.9. The van der Waals surface area contributed by atoms with Gasteiger partial charge in [-0.3, -0.25) is 4.99 Å². The van der Waals surface area contributed by atoms with Crippen molar-refractivity contribution in [3.8, 4) is 0 Å². The van der Waals surface area contributed by atoms with E-state index in [1.807, 2.05) is 12.1 Å². The molecule has 3 heteroatoms. The number of para-hydroxylation sites is 2. The summed E-state index contributed by atoms with van der Waals surface area (Å²) in [7, 11) is 0. The second-order valence-corrected chi connectivity index (χ2v) is 13.1. The van der Waals surface area contributed by atoms with Crippen molar-refractivity contribution in [2.24, 2.45) is 9.98 Å². The third-order valence-corrected chi connectivity index (χ3v) is 8.84. The summed E-state index contributed by atoms with van der Waals surface area (Å²) in [6.45, 7) is 4.54. The van der Waals surface area contributed by atoms with Crippen LogP contribution in [0, 0.1) is 0 Å². The third-order valence-electron chi connectivity index (χ3n) is 8.84. The molecule has 0 bridgehead atoms. The van der Waals surface area contributed by atoms with Gasteiger partial charge in [-0.25, -0.2) is 4.99 Å². The molecule has 0 aliphatic rings. The minimum Gasteiger partial charge on any atom is -0.251 e. The van der Waals surface area contributed by atoms with Gasteiger partial charge in [0.2, 0.25) is 0 Å². The topological polar surface area (TPSA) is 24.7 Å². The van der Waals surface area contributed by atoms with Gasteiger partial charge in [0.05, 0.1) is 22.8 Å². The van der Waals surface area contributed by atoms with E-state index in [9.17, 15) is 0 Å². The van der Waals surface area contributed by atoms with Crippen molar-refractivity contribution in [2.75, 3.05) is 0 Å². The summed E-state index contributed by atoms with van der Waals surface area (Å²) in [6.07, 6.45) is 38.8. The summed E-state index contributed by atoms with van der Waals surface area (Å²) >= 11 is 0. The van der Waals surface area contributed by atoms with Crippen LogP contribution in [0.5, 0.6) is 0 Å². The Balaban J connectivity index is 0.0000106. The van der Waals surface area contributed by atoms with E-state index in [-0.39, 0.29) is 16.5 Å². The fourth-order valence-corrected chi connectivity index (χ4v) is 5.97. The Morgan fingerprint density at radius 1 is 0.457 bits per heavy atom. The fraction of sp³-hybridized carbons (Fsp3) is 0.628. The van der Waals surface area contributed by atoms with Gasteiger partial charge < -0.3 is 0 Å². The normalized spacial score (nSPS) is 12.1. The number of nitrogens with zero attached hydrogens (tertiary/aromatic N) is 2. The summed E-state index contributed by atoms with van der Waals surface area (Å²) < 4.78 is 0. The molecule has 0 aliphatic carbocycles. The third kappa shape index (κ3) is 23.4. The largest absolute Gasteiger partial charge is 0.251 e. The molecule has 0 N–H and O–H groups in total. The number of hydrogen-bond donors (Lipinski definition) is 0. The zero-order chi connectivity index (χ0) is 31.9. The van der Waals surface area contributed by atoms with Crippen molar-refractivity contribution in [2.45, 2.75) is 174 Å². The summed E-state index contributed by atoms with van der Waals surface area (Å²) in [5, 5.41) is 0. The minimum atomic E-state index is 0. The van der Waals surface area contributed by atoms with Gasteiger partial charge in [-0.15, -0.1) is 0 Å². The van der Waals surface area contributed by atoms with Crippen LogP contribution in [0.15, 0.2) is 82.8 Å². The first-order valence-corrected chi connectivity index (χ1v) is 19.3. The van der Waals surface area contributed by atoms with Gasteiger partial charge in [0.1, 0.15) is 0 Å². The van der Waals surface area contributed by atoms with Gasteiger partial charge >= 0.3 is 0 Å². The molecule has 0 amide bonds. The summed E-state index contributed by atoms with van der Waals surface area (Å²) in [4.78, 5) is 10.1. The number of allylic oxidation sites excluding steroid dienone is 2. The van der Waals surface area contributed by atoms with Crippen LogP contribution in [0.3, 0.4) is 0 Å². The minimum absolute atomic E-state index is 0. The molecule has 0 aromatic heterocycles. The fourth-order valence-electron chi connectivity index (χ4n) is 5.97. The smallest absolute Gasteiger partial charge is 0.0848 e. The van der Waals surface area contributed by atoms with Gasteiger partial charge in [0.25, 0.3) is 0 Å². The summed E-state index contributed by atoms with van der Waals surface area (Å²) in [6, 6.07) is 20.6. The Bertz CT molecular complexity index is 1010. The standard InChI is InChI=1S/C43H68N2.Ni/c1-3-5-7-8-9-10-11-12-13-14-15-16-17-18-19-20-21-22-23-24-25-26-33-39-43(45-41-36-31-28-32-37-41)42(38-6-4-2)44-40-34-29-27-30-35-40;/h27-37,39H,3-26,38H2,1-2H3;/b39-33+,44-42+,45-43+;. The summed E-state index contributed by atoms with van der Waals surface area (Å²) in [5.41, 5.74) is 4.08. The van der Waals surface area contributed by atoms with Crippen LogP contribution in [0.4, 0.5) is 11.4 Å². The van der Waals surface area contributed by atoms with Gasteiger partial charge in [-0.05, 0) is 56.0 Å². The molecule has 0 saturated carbocycles. The van der Waals surface area contributed by atoms with Crippen molar-refractivity contribution in [1.29, 1.82) is 0 Å². The molecule has 0 heterocycles. The quantitative estimate of drug-likeness (QED) is 0.0467. The molecule has 260 valence electrons. The zero-order valence-corrected chi connectivity index (χ0v) is 30.8. The van der Waals surface area contributed by atoms with Crippen LogP contribution in [-0.4, -0.2) is 11.4 Å². The van der Waals surface area contributed by atoms with Crippen LogP contribution in [-0.2, 0) is 16.5 Å². The van der Waals surface area contributed by atoms with Gasteiger partial charge in [0, 0.05) is 16.5 Å². The van der Waals surface area contributed by atoms with Gasteiger partial charge in [-0.2, -0.15) is 0 Å². The molecule has 0 saturated heterocycles. The maximum absolute atomic E-state index is 5.04. The molecule has 0 aliphatic heterocycles. The van der Waals surface area contributed by atoms with Crippen LogP contribution >= 0.6 is 0 Å². The van der Waals surface area contributed by atoms with E-state index in [0.29, 0.717) is 0 Å². The van der Waals surface area contributed by atoms with Crippen LogP contribution in [0.2, 0.25) is 0 Å². The van der Waals surface area contributed by atoms with Crippen LogP contribution < -0.4 is 0 Å². The van der Waals surface area contributed by atoms with Crippen molar-refractivity contribution < 1.29 is 16.5 Å². The number of benzene rings is 2. The number of unbranched alkanes of at least 4 members (excludes halogenated alkanes) is 22. The molecule has 0 atom stereocenters. The number of rotatable bonds is 29. The van der Waals surface area contributed by atoms with E-state index in [2.05, 4.69) is 74.5 Å². The maximum Gasteiger partial charge on any atom is 0.0848 e. The Hall–Kier alpha value is -1.99. The Morgan fingerprint density at radius 2 is 0.826 bits per heavy atom. The molecule has 0 unspecified atom stereocenters. The van der Waals surface area contributed by atoms with E-state index in [1.165, 1.54) is 135 Å². The van der Waals surface area contributed by atoms with E-state index in [4.69, 9.17) is 9.98 Å². The predicted molar refractivity (Wildman–Crippen MR) is 203 cm³/mol. The van der Waals surface area contributed by atoms with E-state index in [0.717, 1.165) is 48.5 Å². The van der Waals surface area contributed by atoms with E-state index < -0.39 is 0 Å². The number of hydrogen-bond acceptors (Lipinski definition) is 2. The first kappa shape index (κ1) is 42.0. The van der Waals surface area contributed by atoms with Crippen LogP contribution in [0.1, 0.15) is 174 Å². The first-order valence-electron chi connectivity index (χ1n) is 19.3. The molecular formula is C43H68N2Ni. The van der Waals surface area contributed by atoms with Crippen LogP contribution in [0.25, 0.3) is 0 Å². The summed E-state index contributed by atoms with van der Waals surface area (Å²) in [5.74, 6) is 0. The molecule has 2 aromatic rings. The molecule has 2 aromatic carbocycles. The Labute approximate surface area is 295 Å². The Morgan fingerprint density at radius 3 is 1.24 bits per heavy atom. The average Bonchev–Trinajstić information content (AvgIpc) is 3.07. The number of aliphatic imine (C=N–C) groups is 2. The monoisotopic (exact) mass is 670 g/mol. The molecule has 2 rings (SSSR count). The van der Waals surface area contributed by atoms with E-state index in [1.54, 1.807) is 0 Å². The molecule has 2 nitrogen and oxygen atoms in total. The van der Waals surface area contributed by atoms with Crippen molar-refractivity contribution in [3.05, 3.63) is 72.8 Å². The first-order chi connectivity index (χ1) is 22.3. The van der Waals surface area contributed by atoms with Crippen molar-refractivity contribution >= 4 is 22.8 Å². The molecular weight excluding hydrogens is 603 g/mol. The molecule has 46 heavy (non-hydrogen) atoms. The van der Waals surface area contributed by atoms with Gasteiger partial charge in [-0.1, -0.05) is 191 Å². The zero-order valence-electron chi connectivity index (χ0n) is 29.8. The SMILES string of the molecule is CCCCCCCCCCCCCCCCCCCCCCC/C=C/C(=N\c1ccccc1)C(/CCCC)=N/c1ccccc1.[Ni]. The molecule has 0 radical (unpaired) electrons. The maximum atomic E-state index is 5.04. The van der Waals surface area contributed by atoms with Gasteiger partial charge in [0.15, 0.2) is 0 Å². The molecule has 0 fully saturated rings. The second-order valence-electron chi connectivity index (χ2n) is 13.1. The Kier molecular flexibility index (Phi) is 28.9. The van der Waals surface area contributed by atoms with E-state index >= 15 is 0 Å². The van der Waals surface area contributed by atoms with Crippen molar-refractivity contribution in [1.82, 2.24) is 0 Å².